The van der Waals surface area contributed by atoms with Crippen molar-refractivity contribution in [1.82, 2.24) is 4.90 Å². The van der Waals surface area contributed by atoms with E-state index < -0.39 is 10.0 Å². The fraction of sp³-hybridized carbons (Fsp3) is 0.240. The van der Waals surface area contributed by atoms with Gasteiger partial charge in [0.1, 0.15) is 0 Å². The number of nitrogens with zero attached hydrogens (tertiary/aromatic N) is 1. The Morgan fingerprint density at radius 3 is 2.38 bits per heavy atom. The van der Waals surface area contributed by atoms with Crippen molar-refractivity contribution in [2.45, 2.75) is 31.2 Å². The summed E-state index contributed by atoms with van der Waals surface area (Å²) in [7, 11) is -3.81. The van der Waals surface area contributed by atoms with Gasteiger partial charge in [0, 0.05) is 36.1 Å². The fourth-order valence-corrected chi connectivity index (χ4v) is 4.92. The summed E-state index contributed by atoms with van der Waals surface area (Å²) in [5.74, 6) is -0.146. The second-order valence-electron chi connectivity index (χ2n) is 8.20. The Morgan fingerprint density at radius 2 is 1.66 bits per heavy atom. The number of carbonyl (C=O) groups excluding carboxylic acids is 1. The third-order valence-corrected chi connectivity index (χ3v) is 7.05. The van der Waals surface area contributed by atoms with Crippen molar-refractivity contribution < 1.29 is 13.2 Å². The first-order valence-electron chi connectivity index (χ1n) is 10.6. The van der Waals surface area contributed by atoms with Crippen LogP contribution in [0.15, 0.2) is 77.7 Å². The van der Waals surface area contributed by atoms with E-state index >= 15 is 0 Å². The van der Waals surface area contributed by atoms with Crippen molar-refractivity contribution in [2.75, 3.05) is 23.1 Å². The van der Waals surface area contributed by atoms with E-state index in [-0.39, 0.29) is 16.8 Å². The molecule has 3 aromatic rings. The van der Waals surface area contributed by atoms with Gasteiger partial charge in [0.05, 0.1) is 4.90 Å². The van der Waals surface area contributed by atoms with Crippen LogP contribution >= 0.6 is 0 Å². The highest BCUT2D eigenvalue weighted by molar-refractivity contribution is 7.92. The number of amides is 1. The van der Waals surface area contributed by atoms with Gasteiger partial charge in [-0.3, -0.25) is 9.52 Å². The molecule has 6 nitrogen and oxygen atoms in total. The summed E-state index contributed by atoms with van der Waals surface area (Å²) in [4.78, 5) is 15.1. The van der Waals surface area contributed by atoms with Crippen LogP contribution in [0.3, 0.4) is 0 Å². The Bertz CT molecular complexity index is 1210. The number of benzene rings is 3. The number of anilines is 2. The number of hydrogen-bond acceptors (Lipinski definition) is 4. The lowest BCUT2D eigenvalue weighted by atomic mass is 10.1. The van der Waals surface area contributed by atoms with E-state index in [1.165, 1.54) is 12.1 Å². The molecule has 1 heterocycles. The summed E-state index contributed by atoms with van der Waals surface area (Å²) in [5, 5.41) is 3.46. The van der Waals surface area contributed by atoms with Gasteiger partial charge in [-0.1, -0.05) is 42.0 Å². The predicted octanol–water partition coefficient (Wildman–Crippen LogP) is 4.43. The molecule has 1 aliphatic rings. The van der Waals surface area contributed by atoms with Gasteiger partial charge < -0.3 is 10.2 Å². The zero-order valence-corrected chi connectivity index (χ0v) is 19.0. The molecule has 0 bridgehead atoms. The molecule has 166 valence electrons. The molecule has 1 saturated heterocycles. The van der Waals surface area contributed by atoms with Crippen LogP contribution in [0.5, 0.6) is 0 Å². The molecule has 4 rings (SSSR count). The van der Waals surface area contributed by atoms with Gasteiger partial charge in [0.2, 0.25) is 0 Å². The maximum Gasteiger partial charge on any atom is 0.261 e. The van der Waals surface area contributed by atoms with Gasteiger partial charge >= 0.3 is 0 Å². The molecule has 7 heteroatoms. The third kappa shape index (κ3) is 4.94. The second kappa shape index (κ2) is 9.04. The molecule has 2 N–H and O–H groups in total. The molecule has 1 atom stereocenters. The zero-order chi connectivity index (χ0) is 22.7. The van der Waals surface area contributed by atoms with Crippen molar-refractivity contribution in [3.63, 3.8) is 0 Å². The second-order valence-corrected chi connectivity index (χ2v) is 9.88. The average Bonchev–Trinajstić information content (AvgIpc) is 3.24. The molecule has 32 heavy (non-hydrogen) atoms. The van der Waals surface area contributed by atoms with E-state index in [4.69, 9.17) is 0 Å². The van der Waals surface area contributed by atoms with Crippen LogP contribution in [0, 0.1) is 13.8 Å². The van der Waals surface area contributed by atoms with Gasteiger partial charge in [-0.25, -0.2) is 8.42 Å². The number of para-hydroxylation sites is 1. The van der Waals surface area contributed by atoms with Gasteiger partial charge in [-0.05, 0) is 62.2 Å². The van der Waals surface area contributed by atoms with Crippen LogP contribution in [0.2, 0.25) is 0 Å². The lowest BCUT2D eigenvalue weighted by Gasteiger charge is -2.19. The van der Waals surface area contributed by atoms with E-state index in [1.54, 1.807) is 23.1 Å². The SMILES string of the molecule is Cc1ccc(NS(=O)(=O)c2ccc(C)c(C(=O)N3CCC(Nc4ccccc4)C3)c2)cc1. The summed E-state index contributed by atoms with van der Waals surface area (Å²) >= 11 is 0. The topological polar surface area (TPSA) is 78.5 Å². The van der Waals surface area contributed by atoms with Crippen molar-refractivity contribution in [3.8, 4) is 0 Å². The number of hydrogen-bond donors (Lipinski definition) is 2. The van der Waals surface area contributed by atoms with Crippen molar-refractivity contribution in [1.29, 1.82) is 0 Å². The first-order chi connectivity index (χ1) is 15.3. The largest absolute Gasteiger partial charge is 0.380 e. The highest BCUT2D eigenvalue weighted by Gasteiger charge is 2.28. The number of nitrogens with one attached hydrogen (secondary N) is 2. The van der Waals surface area contributed by atoms with Crippen LogP contribution < -0.4 is 10.0 Å². The molecule has 0 aliphatic carbocycles. The predicted molar refractivity (Wildman–Crippen MR) is 128 cm³/mol. The highest BCUT2D eigenvalue weighted by Crippen LogP contribution is 2.23. The van der Waals surface area contributed by atoms with E-state index in [0.29, 0.717) is 24.3 Å². The van der Waals surface area contributed by atoms with E-state index in [1.807, 2.05) is 56.3 Å². The molecular formula is C25H27N3O3S. The van der Waals surface area contributed by atoms with Gasteiger partial charge in [0.15, 0.2) is 0 Å². The van der Waals surface area contributed by atoms with Crippen LogP contribution in [-0.4, -0.2) is 38.4 Å². The van der Waals surface area contributed by atoms with Crippen molar-refractivity contribution in [2.24, 2.45) is 0 Å². The number of carbonyl (C=O) groups is 1. The maximum atomic E-state index is 13.2. The monoisotopic (exact) mass is 449 g/mol. The minimum absolute atomic E-state index is 0.0742. The van der Waals surface area contributed by atoms with Crippen LogP contribution in [-0.2, 0) is 10.0 Å². The normalized spacial score (nSPS) is 16.1. The quantitative estimate of drug-likeness (QED) is 0.584. The summed E-state index contributed by atoms with van der Waals surface area (Å²) in [5.41, 5.74) is 3.72. The molecule has 3 aromatic carbocycles. The molecule has 1 fully saturated rings. The number of rotatable bonds is 6. The smallest absolute Gasteiger partial charge is 0.261 e. The lowest BCUT2D eigenvalue weighted by Crippen LogP contribution is -2.32. The van der Waals surface area contributed by atoms with Gasteiger partial charge in [-0.2, -0.15) is 0 Å². The Balaban J connectivity index is 1.49. The maximum absolute atomic E-state index is 13.2. The highest BCUT2D eigenvalue weighted by atomic mass is 32.2. The minimum Gasteiger partial charge on any atom is -0.380 e. The van der Waals surface area contributed by atoms with E-state index in [9.17, 15) is 13.2 Å². The molecule has 0 saturated carbocycles. The molecule has 0 aromatic heterocycles. The van der Waals surface area contributed by atoms with Crippen LogP contribution in [0.25, 0.3) is 0 Å². The summed E-state index contributed by atoms with van der Waals surface area (Å²) in [6, 6.07) is 21.9. The van der Waals surface area contributed by atoms with Crippen LogP contribution in [0.4, 0.5) is 11.4 Å². The molecular weight excluding hydrogens is 422 g/mol. The summed E-state index contributed by atoms with van der Waals surface area (Å²) < 4.78 is 28.4. The minimum atomic E-state index is -3.81. The Labute approximate surface area is 189 Å². The average molecular weight is 450 g/mol. The van der Waals surface area contributed by atoms with E-state index in [0.717, 1.165) is 23.2 Å². The Kier molecular flexibility index (Phi) is 6.19. The summed E-state index contributed by atoms with van der Waals surface area (Å²) in [6.07, 6.45) is 0.840. The van der Waals surface area contributed by atoms with E-state index in [2.05, 4.69) is 10.0 Å². The number of aryl methyl sites for hydroxylation is 2. The Morgan fingerprint density at radius 1 is 0.938 bits per heavy atom. The molecule has 1 aliphatic heterocycles. The standard InChI is InChI=1S/C25H27N3O3S/c1-18-8-11-21(12-9-18)27-32(30,31)23-13-10-19(2)24(16-23)25(29)28-15-14-22(17-28)26-20-6-4-3-5-7-20/h3-13,16,22,26-27H,14-15,17H2,1-2H3. The van der Waals surface area contributed by atoms with Gasteiger partial charge in [-0.15, -0.1) is 0 Å². The molecule has 1 unspecified atom stereocenters. The molecule has 0 spiro atoms. The number of likely N-dealkylation sites (tertiary alicyclic amines) is 1. The number of sulfonamides is 1. The van der Waals surface area contributed by atoms with Crippen molar-refractivity contribution >= 4 is 27.3 Å². The summed E-state index contributed by atoms with van der Waals surface area (Å²) in [6.45, 7) is 4.97. The van der Waals surface area contributed by atoms with Gasteiger partial charge in [0.25, 0.3) is 15.9 Å². The first kappa shape index (κ1) is 21.9. The third-order valence-electron chi connectivity index (χ3n) is 5.67. The van der Waals surface area contributed by atoms with Crippen LogP contribution in [0.1, 0.15) is 27.9 Å². The lowest BCUT2D eigenvalue weighted by molar-refractivity contribution is 0.0790. The molecule has 1 amide bonds. The zero-order valence-electron chi connectivity index (χ0n) is 18.2. The first-order valence-corrected chi connectivity index (χ1v) is 12.1. The fourth-order valence-electron chi connectivity index (χ4n) is 3.84. The Hall–Kier alpha value is -3.32. The van der Waals surface area contributed by atoms with Crippen molar-refractivity contribution in [3.05, 3.63) is 89.5 Å². The molecule has 0 radical (unpaired) electrons.